The van der Waals surface area contributed by atoms with E-state index in [9.17, 15) is 9.59 Å². The lowest BCUT2D eigenvalue weighted by atomic mass is 10.1. The number of nitrogens with one attached hydrogen (secondary N) is 1. The molecule has 0 aliphatic heterocycles. The van der Waals surface area contributed by atoms with E-state index in [1.165, 1.54) is 10.7 Å². The number of benzene rings is 2. The lowest BCUT2D eigenvalue weighted by Gasteiger charge is -2.08. The van der Waals surface area contributed by atoms with Gasteiger partial charge in [-0.15, -0.1) is 0 Å². The van der Waals surface area contributed by atoms with Crippen LogP contribution in [0.4, 0.5) is 0 Å². The summed E-state index contributed by atoms with van der Waals surface area (Å²) in [6, 6.07) is 17.6. The molecule has 0 unspecified atom stereocenters. The van der Waals surface area contributed by atoms with Crippen LogP contribution >= 0.6 is 23.2 Å². The number of nitrogens with zero attached hydrogens (tertiary/aromatic N) is 2. The van der Waals surface area contributed by atoms with Crippen LogP contribution in [-0.2, 0) is 17.9 Å². The van der Waals surface area contributed by atoms with Gasteiger partial charge in [-0.3, -0.25) is 9.59 Å². The van der Waals surface area contributed by atoms with Crippen molar-refractivity contribution in [2.45, 2.75) is 19.5 Å². The van der Waals surface area contributed by atoms with Gasteiger partial charge in [-0.25, -0.2) is 4.68 Å². The van der Waals surface area contributed by atoms with Crippen molar-refractivity contribution in [3.63, 3.8) is 0 Å². The summed E-state index contributed by atoms with van der Waals surface area (Å²) in [7, 11) is 0. The van der Waals surface area contributed by atoms with E-state index in [1.807, 2.05) is 24.3 Å². The molecule has 0 spiro atoms. The predicted molar refractivity (Wildman–Crippen MR) is 107 cm³/mol. The van der Waals surface area contributed by atoms with E-state index in [-0.39, 0.29) is 24.4 Å². The van der Waals surface area contributed by atoms with Crippen molar-refractivity contribution in [3.05, 3.63) is 86.6 Å². The fourth-order valence-electron chi connectivity index (χ4n) is 2.53. The van der Waals surface area contributed by atoms with Crippen molar-refractivity contribution in [1.82, 2.24) is 15.1 Å². The summed E-state index contributed by atoms with van der Waals surface area (Å²) < 4.78 is 1.29. The number of carbonyl (C=O) groups excluding carboxylic acids is 1. The standard InChI is InChI=1S/C20H17Cl2N3O2/c21-16-6-4-15(5-7-16)18-8-9-20(27)25(24-18)11-10-19(26)23-13-14-2-1-3-17(22)12-14/h1-9,12H,10-11,13H2,(H,23,26). The Morgan fingerprint density at radius 3 is 2.52 bits per heavy atom. The largest absolute Gasteiger partial charge is 0.352 e. The van der Waals surface area contributed by atoms with Gasteiger partial charge in [-0.1, -0.05) is 47.5 Å². The fraction of sp³-hybridized carbons (Fsp3) is 0.150. The van der Waals surface area contributed by atoms with Crippen LogP contribution in [0.3, 0.4) is 0 Å². The first kappa shape index (κ1) is 19.1. The Bertz CT molecular complexity index is 1000. The van der Waals surface area contributed by atoms with E-state index >= 15 is 0 Å². The molecule has 3 aromatic rings. The second-order valence-electron chi connectivity index (χ2n) is 5.94. The van der Waals surface area contributed by atoms with Gasteiger partial charge in [0, 0.05) is 34.6 Å². The van der Waals surface area contributed by atoms with Crippen molar-refractivity contribution in [2.24, 2.45) is 0 Å². The zero-order valence-electron chi connectivity index (χ0n) is 14.4. The normalized spacial score (nSPS) is 10.6. The molecule has 5 nitrogen and oxygen atoms in total. The van der Waals surface area contributed by atoms with Crippen LogP contribution in [0.25, 0.3) is 11.3 Å². The summed E-state index contributed by atoms with van der Waals surface area (Å²) in [5.74, 6) is -0.166. The van der Waals surface area contributed by atoms with Gasteiger partial charge in [-0.2, -0.15) is 5.10 Å². The summed E-state index contributed by atoms with van der Waals surface area (Å²) in [5.41, 5.74) is 2.15. The zero-order valence-corrected chi connectivity index (χ0v) is 15.9. The molecule has 0 saturated heterocycles. The third kappa shape index (κ3) is 5.42. The number of amides is 1. The topological polar surface area (TPSA) is 64.0 Å². The maximum Gasteiger partial charge on any atom is 0.266 e. The Labute approximate surface area is 166 Å². The Hall–Kier alpha value is -2.63. The van der Waals surface area contributed by atoms with Gasteiger partial charge >= 0.3 is 0 Å². The molecular weight excluding hydrogens is 385 g/mol. The first-order valence-corrected chi connectivity index (χ1v) is 9.12. The summed E-state index contributed by atoms with van der Waals surface area (Å²) >= 11 is 11.8. The molecule has 3 rings (SSSR count). The number of halogens is 2. The minimum atomic E-state index is -0.254. The average molecular weight is 402 g/mol. The van der Waals surface area contributed by atoms with Crippen molar-refractivity contribution >= 4 is 29.1 Å². The highest BCUT2D eigenvalue weighted by atomic mass is 35.5. The molecule has 0 bridgehead atoms. The second-order valence-corrected chi connectivity index (χ2v) is 6.82. The Morgan fingerprint density at radius 1 is 1.00 bits per heavy atom. The molecule has 1 amide bonds. The van der Waals surface area contributed by atoms with Gasteiger partial charge in [0.2, 0.25) is 5.91 Å². The molecule has 2 aromatic carbocycles. The Balaban J connectivity index is 1.61. The summed E-state index contributed by atoms with van der Waals surface area (Å²) in [4.78, 5) is 24.1. The molecule has 7 heteroatoms. The van der Waals surface area contributed by atoms with Crippen molar-refractivity contribution in [2.75, 3.05) is 0 Å². The summed E-state index contributed by atoms with van der Waals surface area (Å²) in [5, 5.41) is 8.40. The molecule has 138 valence electrons. The minimum Gasteiger partial charge on any atom is -0.352 e. The molecule has 0 radical (unpaired) electrons. The molecule has 0 atom stereocenters. The van der Waals surface area contributed by atoms with E-state index in [0.29, 0.717) is 22.3 Å². The second kappa shape index (κ2) is 8.84. The van der Waals surface area contributed by atoms with Crippen LogP contribution in [0.5, 0.6) is 0 Å². The van der Waals surface area contributed by atoms with Crippen LogP contribution in [-0.4, -0.2) is 15.7 Å². The van der Waals surface area contributed by atoms with Gasteiger partial charge in [0.25, 0.3) is 5.56 Å². The maximum atomic E-state index is 12.1. The van der Waals surface area contributed by atoms with Crippen molar-refractivity contribution in [3.8, 4) is 11.3 Å². The van der Waals surface area contributed by atoms with Gasteiger partial charge in [0.05, 0.1) is 12.2 Å². The highest BCUT2D eigenvalue weighted by molar-refractivity contribution is 6.30. The lowest BCUT2D eigenvalue weighted by molar-refractivity contribution is -0.121. The highest BCUT2D eigenvalue weighted by Crippen LogP contribution is 2.18. The van der Waals surface area contributed by atoms with Crippen LogP contribution in [0.2, 0.25) is 10.0 Å². The van der Waals surface area contributed by atoms with E-state index in [0.717, 1.165) is 11.1 Å². The number of aromatic nitrogens is 2. The third-order valence-corrected chi connectivity index (χ3v) is 4.42. The maximum absolute atomic E-state index is 12.1. The van der Waals surface area contributed by atoms with Crippen LogP contribution < -0.4 is 10.9 Å². The van der Waals surface area contributed by atoms with Crippen molar-refractivity contribution < 1.29 is 4.79 Å². The van der Waals surface area contributed by atoms with E-state index in [4.69, 9.17) is 23.2 Å². The Morgan fingerprint density at radius 2 is 1.78 bits per heavy atom. The molecule has 1 heterocycles. The SMILES string of the molecule is O=C(CCn1nc(-c2ccc(Cl)cc2)ccc1=O)NCc1cccc(Cl)c1. The van der Waals surface area contributed by atoms with E-state index in [1.54, 1.807) is 30.3 Å². The zero-order chi connectivity index (χ0) is 19.2. The predicted octanol–water partition coefficient (Wildman–Crippen LogP) is 3.92. The molecule has 0 aliphatic carbocycles. The molecule has 27 heavy (non-hydrogen) atoms. The summed E-state index contributed by atoms with van der Waals surface area (Å²) in [6.45, 7) is 0.578. The Kier molecular flexibility index (Phi) is 6.27. The van der Waals surface area contributed by atoms with Crippen LogP contribution in [0.15, 0.2) is 65.5 Å². The molecule has 0 fully saturated rings. The number of carbonyl (C=O) groups is 1. The lowest BCUT2D eigenvalue weighted by Crippen LogP contribution is -2.28. The number of hydrogen-bond donors (Lipinski definition) is 1. The van der Waals surface area contributed by atoms with Gasteiger partial charge < -0.3 is 5.32 Å². The average Bonchev–Trinajstić information content (AvgIpc) is 2.66. The molecule has 1 aromatic heterocycles. The van der Waals surface area contributed by atoms with Crippen molar-refractivity contribution in [1.29, 1.82) is 0 Å². The number of rotatable bonds is 6. The van der Waals surface area contributed by atoms with Crippen LogP contribution in [0.1, 0.15) is 12.0 Å². The minimum absolute atomic E-state index is 0.150. The molecule has 1 N–H and O–H groups in total. The molecule has 0 saturated carbocycles. The smallest absolute Gasteiger partial charge is 0.266 e. The third-order valence-electron chi connectivity index (χ3n) is 3.94. The van der Waals surface area contributed by atoms with Gasteiger partial charge in [-0.05, 0) is 35.9 Å². The summed E-state index contributed by atoms with van der Waals surface area (Å²) in [6.07, 6.45) is 0.150. The van der Waals surface area contributed by atoms with Crippen LogP contribution in [0, 0.1) is 0 Å². The molecule has 0 aliphatic rings. The number of aryl methyl sites for hydroxylation is 1. The van der Waals surface area contributed by atoms with E-state index in [2.05, 4.69) is 10.4 Å². The van der Waals surface area contributed by atoms with E-state index < -0.39 is 0 Å². The quantitative estimate of drug-likeness (QED) is 0.680. The monoisotopic (exact) mass is 401 g/mol. The first-order chi connectivity index (χ1) is 13.0. The highest BCUT2D eigenvalue weighted by Gasteiger charge is 2.07. The number of hydrogen-bond acceptors (Lipinski definition) is 3. The van der Waals surface area contributed by atoms with Gasteiger partial charge in [0.15, 0.2) is 0 Å². The fourth-order valence-corrected chi connectivity index (χ4v) is 2.87. The molecular formula is C20H17Cl2N3O2. The first-order valence-electron chi connectivity index (χ1n) is 8.36. The van der Waals surface area contributed by atoms with Gasteiger partial charge in [0.1, 0.15) is 0 Å².